The fourth-order valence-electron chi connectivity index (χ4n) is 1.17. The summed E-state index contributed by atoms with van der Waals surface area (Å²) in [5.74, 6) is 0. The van der Waals surface area contributed by atoms with Crippen LogP contribution in [-0.4, -0.2) is 11.5 Å². The van der Waals surface area contributed by atoms with Crippen molar-refractivity contribution in [2.24, 2.45) is 0 Å². The molecule has 2 rings (SSSR count). The Kier molecular flexibility index (Phi) is 2.23. The van der Waals surface area contributed by atoms with Gasteiger partial charge in [-0.15, -0.1) is 0 Å². The zero-order valence-corrected chi connectivity index (χ0v) is 8.08. The second kappa shape index (κ2) is 3.54. The largest absolute Gasteiger partial charge is 0.424 e. The number of hydrogen-bond donors (Lipinski definition) is 1. The molecule has 3 heteroatoms. The maximum Gasteiger partial charge on any atom is 0.295 e. The molecule has 0 aliphatic heterocycles. The van der Waals surface area contributed by atoms with Gasteiger partial charge >= 0.3 is 0 Å². The summed E-state index contributed by atoms with van der Waals surface area (Å²) in [7, 11) is 0. The molecule has 14 heavy (non-hydrogen) atoms. The van der Waals surface area contributed by atoms with E-state index in [1.165, 1.54) is 0 Å². The number of nitrogens with one attached hydrogen (secondary N) is 1. The van der Waals surface area contributed by atoms with Crippen molar-refractivity contribution in [3.63, 3.8) is 0 Å². The molecule has 0 bridgehead atoms. The summed E-state index contributed by atoms with van der Waals surface area (Å²) in [6.45, 7) is 6.43. The van der Waals surface area contributed by atoms with E-state index in [1.807, 2.05) is 31.2 Å². The molecule has 1 N–H and O–H groups in total. The van der Waals surface area contributed by atoms with Gasteiger partial charge in [0.25, 0.3) is 6.01 Å². The normalized spacial score (nSPS) is 10.4. The van der Waals surface area contributed by atoms with Gasteiger partial charge in [-0.05, 0) is 19.1 Å². The third-order valence-corrected chi connectivity index (χ3v) is 1.84. The SMILES string of the molecule is C=C(C)CNc1nc2ccccc2o1. The molecule has 1 aromatic carbocycles. The molecule has 0 aliphatic carbocycles. The third-order valence-electron chi connectivity index (χ3n) is 1.84. The highest BCUT2D eigenvalue weighted by Crippen LogP contribution is 2.17. The number of fused-ring (bicyclic) bond motifs is 1. The van der Waals surface area contributed by atoms with Gasteiger partial charge in [0.15, 0.2) is 5.58 Å². The van der Waals surface area contributed by atoms with Crippen LogP contribution in [0.5, 0.6) is 0 Å². The fourth-order valence-corrected chi connectivity index (χ4v) is 1.17. The zero-order chi connectivity index (χ0) is 9.97. The molecule has 0 atom stereocenters. The summed E-state index contributed by atoms with van der Waals surface area (Å²) in [6, 6.07) is 8.23. The average Bonchev–Trinajstić information content (AvgIpc) is 2.57. The van der Waals surface area contributed by atoms with Gasteiger partial charge in [-0.2, -0.15) is 4.98 Å². The first-order chi connectivity index (χ1) is 6.75. The Morgan fingerprint density at radius 2 is 2.29 bits per heavy atom. The Labute approximate surface area is 82.4 Å². The molecule has 0 fully saturated rings. The number of benzene rings is 1. The standard InChI is InChI=1S/C11H12N2O/c1-8(2)7-12-11-13-9-5-3-4-6-10(9)14-11/h3-6H,1,7H2,2H3,(H,12,13). The number of anilines is 1. The van der Waals surface area contributed by atoms with E-state index in [4.69, 9.17) is 4.42 Å². The fraction of sp³-hybridized carbons (Fsp3) is 0.182. The van der Waals surface area contributed by atoms with Gasteiger partial charge in [-0.1, -0.05) is 24.3 Å². The Bertz CT molecular complexity index is 426. The number of hydrogen-bond acceptors (Lipinski definition) is 3. The molecule has 0 amide bonds. The molecular formula is C11H12N2O. The molecule has 2 aromatic rings. The van der Waals surface area contributed by atoms with Crippen LogP contribution in [0.2, 0.25) is 0 Å². The predicted octanol–water partition coefficient (Wildman–Crippen LogP) is 2.82. The lowest BCUT2D eigenvalue weighted by atomic mass is 10.3. The van der Waals surface area contributed by atoms with Gasteiger partial charge < -0.3 is 9.73 Å². The van der Waals surface area contributed by atoms with Gasteiger partial charge in [0.05, 0.1) is 0 Å². The van der Waals surface area contributed by atoms with Crippen molar-refractivity contribution in [3.8, 4) is 0 Å². The molecule has 1 aromatic heterocycles. The van der Waals surface area contributed by atoms with E-state index in [2.05, 4.69) is 16.9 Å². The van der Waals surface area contributed by atoms with Gasteiger partial charge in [0.1, 0.15) is 5.52 Å². The molecule has 0 unspecified atom stereocenters. The molecular weight excluding hydrogens is 176 g/mol. The smallest absolute Gasteiger partial charge is 0.295 e. The maximum absolute atomic E-state index is 5.46. The maximum atomic E-state index is 5.46. The highest BCUT2D eigenvalue weighted by molar-refractivity contribution is 5.74. The Hall–Kier alpha value is -1.77. The van der Waals surface area contributed by atoms with Gasteiger partial charge in [-0.3, -0.25) is 0 Å². The van der Waals surface area contributed by atoms with E-state index < -0.39 is 0 Å². The Morgan fingerprint density at radius 1 is 1.50 bits per heavy atom. The third kappa shape index (κ3) is 1.76. The molecule has 1 heterocycles. The van der Waals surface area contributed by atoms with Crippen LogP contribution in [0.4, 0.5) is 6.01 Å². The first kappa shape index (κ1) is 8.81. The van der Waals surface area contributed by atoms with Crippen LogP contribution in [0.1, 0.15) is 6.92 Å². The van der Waals surface area contributed by atoms with Crippen LogP contribution in [-0.2, 0) is 0 Å². The van der Waals surface area contributed by atoms with E-state index in [0.717, 1.165) is 16.7 Å². The van der Waals surface area contributed by atoms with Gasteiger partial charge in [-0.25, -0.2) is 0 Å². The zero-order valence-electron chi connectivity index (χ0n) is 8.08. The minimum Gasteiger partial charge on any atom is -0.424 e. The second-order valence-electron chi connectivity index (χ2n) is 3.30. The van der Waals surface area contributed by atoms with Gasteiger partial charge in [0, 0.05) is 6.54 Å². The second-order valence-corrected chi connectivity index (χ2v) is 3.30. The quantitative estimate of drug-likeness (QED) is 0.752. The monoisotopic (exact) mass is 188 g/mol. The Balaban J connectivity index is 2.22. The van der Waals surface area contributed by atoms with E-state index in [-0.39, 0.29) is 0 Å². The highest BCUT2D eigenvalue weighted by Gasteiger charge is 2.02. The van der Waals surface area contributed by atoms with Crippen LogP contribution < -0.4 is 5.32 Å². The highest BCUT2D eigenvalue weighted by atomic mass is 16.4. The summed E-state index contributed by atoms with van der Waals surface area (Å²) < 4.78 is 5.46. The molecule has 3 nitrogen and oxygen atoms in total. The average molecular weight is 188 g/mol. The lowest BCUT2D eigenvalue weighted by molar-refractivity contribution is 0.617. The van der Waals surface area contributed by atoms with Crippen LogP contribution >= 0.6 is 0 Å². The summed E-state index contributed by atoms with van der Waals surface area (Å²) >= 11 is 0. The molecule has 0 spiro atoms. The number of rotatable bonds is 3. The number of aromatic nitrogens is 1. The topological polar surface area (TPSA) is 38.1 Å². The van der Waals surface area contributed by atoms with Crippen molar-refractivity contribution in [2.75, 3.05) is 11.9 Å². The van der Waals surface area contributed by atoms with Crippen LogP contribution in [0.3, 0.4) is 0 Å². The van der Waals surface area contributed by atoms with E-state index >= 15 is 0 Å². The minimum absolute atomic E-state index is 0.550. The van der Waals surface area contributed by atoms with E-state index in [9.17, 15) is 0 Å². The van der Waals surface area contributed by atoms with Crippen molar-refractivity contribution >= 4 is 17.1 Å². The Morgan fingerprint density at radius 3 is 3.00 bits per heavy atom. The first-order valence-electron chi connectivity index (χ1n) is 4.49. The molecule has 0 saturated heterocycles. The first-order valence-corrected chi connectivity index (χ1v) is 4.49. The van der Waals surface area contributed by atoms with Crippen LogP contribution in [0.15, 0.2) is 40.8 Å². The molecule has 0 aliphatic rings. The van der Waals surface area contributed by atoms with Crippen molar-refractivity contribution in [1.29, 1.82) is 0 Å². The lowest BCUT2D eigenvalue weighted by Crippen LogP contribution is -2.01. The van der Waals surface area contributed by atoms with Gasteiger partial charge in [0.2, 0.25) is 0 Å². The minimum atomic E-state index is 0.550. The van der Waals surface area contributed by atoms with Crippen LogP contribution in [0.25, 0.3) is 11.1 Å². The summed E-state index contributed by atoms with van der Waals surface area (Å²) in [5.41, 5.74) is 2.72. The molecule has 72 valence electrons. The van der Waals surface area contributed by atoms with E-state index in [0.29, 0.717) is 12.6 Å². The lowest BCUT2D eigenvalue weighted by Gasteiger charge is -1.98. The van der Waals surface area contributed by atoms with Crippen molar-refractivity contribution in [2.45, 2.75) is 6.92 Å². The number of para-hydroxylation sites is 2. The number of nitrogens with zero attached hydrogens (tertiary/aromatic N) is 1. The number of oxazole rings is 1. The summed E-state index contributed by atoms with van der Waals surface area (Å²) in [4.78, 5) is 4.27. The van der Waals surface area contributed by atoms with E-state index in [1.54, 1.807) is 0 Å². The molecule has 0 radical (unpaired) electrons. The predicted molar refractivity (Wildman–Crippen MR) is 57.3 cm³/mol. The summed E-state index contributed by atoms with van der Waals surface area (Å²) in [6.07, 6.45) is 0. The summed E-state index contributed by atoms with van der Waals surface area (Å²) in [5, 5.41) is 3.06. The van der Waals surface area contributed by atoms with Crippen molar-refractivity contribution < 1.29 is 4.42 Å². The van der Waals surface area contributed by atoms with Crippen molar-refractivity contribution in [1.82, 2.24) is 4.98 Å². The van der Waals surface area contributed by atoms with Crippen LogP contribution in [0, 0.1) is 0 Å². The van der Waals surface area contributed by atoms with Crippen molar-refractivity contribution in [3.05, 3.63) is 36.4 Å². The molecule has 0 saturated carbocycles.